The highest BCUT2D eigenvalue weighted by Crippen LogP contribution is 2.24. The van der Waals surface area contributed by atoms with Gasteiger partial charge in [-0.15, -0.1) is 0 Å². The van der Waals surface area contributed by atoms with Crippen molar-refractivity contribution in [1.29, 1.82) is 0 Å². The zero-order valence-corrected chi connectivity index (χ0v) is 13.2. The fourth-order valence-electron chi connectivity index (χ4n) is 1.91. The molecule has 108 valence electrons. The van der Waals surface area contributed by atoms with E-state index in [0.717, 1.165) is 16.7 Å². The van der Waals surface area contributed by atoms with E-state index in [1.807, 2.05) is 43.6 Å². The van der Waals surface area contributed by atoms with E-state index >= 15 is 0 Å². The normalized spacial score (nSPS) is 11.9. The Labute approximate surface area is 135 Å². The van der Waals surface area contributed by atoms with Crippen molar-refractivity contribution in [3.8, 4) is 0 Å². The molecule has 0 heterocycles. The largest absolute Gasteiger partial charge is 0.394 e. The zero-order chi connectivity index (χ0) is 15.1. The molecule has 2 aromatic carbocycles. The molecule has 4 heteroatoms. The lowest BCUT2D eigenvalue weighted by Gasteiger charge is -2.05. The third kappa shape index (κ3) is 4.35. The van der Waals surface area contributed by atoms with E-state index in [1.165, 1.54) is 0 Å². The van der Waals surface area contributed by atoms with Crippen LogP contribution in [0.25, 0.3) is 5.57 Å². The highest BCUT2D eigenvalue weighted by Gasteiger charge is 2.02. The number of rotatable bonds is 5. The minimum atomic E-state index is 0.529. The molecular formula is C17H16Cl2N2. The second kappa shape index (κ2) is 7.87. The summed E-state index contributed by atoms with van der Waals surface area (Å²) >= 11 is 12.1. The Hall–Kier alpha value is -1.77. The van der Waals surface area contributed by atoms with E-state index in [-0.39, 0.29) is 0 Å². The average molecular weight is 319 g/mol. The molecule has 2 aromatic rings. The number of nitrogens with one attached hydrogen (secondary N) is 1. The average Bonchev–Trinajstić information content (AvgIpc) is 2.51. The van der Waals surface area contributed by atoms with Gasteiger partial charge in [0.2, 0.25) is 0 Å². The van der Waals surface area contributed by atoms with Gasteiger partial charge < -0.3 is 5.32 Å². The first-order valence-electron chi connectivity index (χ1n) is 6.58. The Kier molecular flexibility index (Phi) is 5.85. The van der Waals surface area contributed by atoms with Crippen LogP contribution < -0.4 is 5.32 Å². The van der Waals surface area contributed by atoms with Crippen LogP contribution in [0.2, 0.25) is 10.0 Å². The van der Waals surface area contributed by atoms with Crippen LogP contribution in [0, 0.1) is 0 Å². The Morgan fingerprint density at radius 1 is 1.10 bits per heavy atom. The van der Waals surface area contributed by atoms with Crippen LogP contribution in [-0.4, -0.2) is 19.8 Å². The molecule has 0 fully saturated rings. The fraction of sp³-hybridized carbons (Fsp3) is 0.118. The highest BCUT2D eigenvalue weighted by molar-refractivity contribution is 6.43. The van der Waals surface area contributed by atoms with Gasteiger partial charge in [-0.3, -0.25) is 4.99 Å². The maximum Gasteiger partial charge on any atom is 0.0679 e. The summed E-state index contributed by atoms with van der Waals surface area (Å²) in [5.41, 5.74) is 3.06. The predicted molar refractivity (Wildman–Crippen MR) is 92.4 cm³/mol. The summed E-state index contributed by atoms with van der Waals surface area (Å²) in [6, 6.07) is 15.6. The van der Waals surface area contributed by atoms with Crippen molar-refractivity contribution in [3.63, 3.8) is 0 Å². The monoisotopic (exact) mass is 318 g/mol. The summed E-state index contributed by atoms with van der Waals surface area (Å²) in [7, 11) is 1.88. The second-order valence-corrected chi connectivity index (χ2v) is 5.22. The first kappa shape index (κ1) is 15.6. The molecule has 0 saturated carbocycles. The molecule has 0 aliphatic heterocycles. The van der Waals surface area contributed by atoms with Crippen molar-refractivity contribution in [2.24, 2.45) is 4.99 Å². The molecule has 0 bridgehead atoms. The number of hydrogen-bond donors (Lipinski definition) is 1. The number of aliphatic imine (C=N–C) groups is 1. The number of nitrogens with zero attached hydrogens (tertiary/aromatic N) is 1. The maximum atomic E-state index is 6.14. The highest BCUT2D eigenvalue weighted by atomic mass is 35.5. The molecule has 1 N–H and O–H groups in total. The van der Waals surface area contributed by atoms with E-state index in [1.54, 1.807) is 12.3 Å². The van der Waals surface area contributed by atoms with E-state index < -0.39 is 0 Å². The Morgan fingerprint density at radius 2 is 1.86 bits per heavy atom. The van der Waals surface area contributed by atoms with Crippen LogP contribution in [0.1, 0.15) is 11.1 Å². The molecule has 0 unspecified atom stereocenters. The summed E-state index contributed by atoms with van der Waals surface area (Å²) in [6.07, 6.45) is 3.70. The molecule has 0 aromatic heterocycles. The van der Waals surface area contributed by atoms with Crippen molar-refractivity contribution in [1.82, 2.24) is 5.32 Å². The van der Waals surface area contributed by atoms with E-state index in [2.05, 4.69) is 22.4 Å². The van der Waals surface area contributed by atoms with Crippen LogP contribution in [0.5, 0.6) is 0 Å². The second-order valence-electron chi connectivity index (χ2n) is 4.44. The summed E-state index contributed by atoms with van der Waals surface area (Å²) < 4.78 is 0. The summed E-state index contributed by atoms with van der Waals surface area (Å²) in [4.78, 5) is 4.46. The SMILES string of the molecule is CN/C=C(\CN=Cc1cccc(Cl)c1Cl)c1ccccc1. The topological polar surface area (TPSA) is 24.4 Å². The van der Waals surface area contributed by atoms with Gasteiger partial charge in [-0.2, -0.15) is 0 Å². The van der Waals surface area contributed by atoms with E-state index in [0.29, 0.717) is 16.6 Å². The molecular weight excluding hydrogens is 303 g/mol. The first-order valence-corrected chi connectivity index (χ1v) is 7.33. The number of halogens is 2. The summed E-state index contributed by atoms with van der Waals surface area (Å²) in [5, 5.41) is 4.12. The van der Waals surface area contributed by atoms with Crippen molar-refractivity contribution in [3.05, 3.63) is 75.9 Å². The molecule has 0 atom stereocenters. The smallest absolute Gasteiger partial charge is 0.0679 e. The maximum absolute atomic E-state index is 6.14. The van der Waals surface area contributed by atoms with Gasteiger partial charge in [0.25, 0.3) is 0 Å². The van der Waals surface area contributed by atoms with Crippen LogP contribution in [-0.2, 0) is 0 Å². The molecule has 0 radical (unpaired) electrons. The van der Waals surface area contributed by atoms with Gasteiger partial charge in [-0.05, 0) is 17.2 Å². The van der Waals surface area contributed by atoms with Crippen molar-refractivity contribution < 1.29 is 0 Å². The quantitative estimate of drug-likeness (QED) is 0.796. The molecule has 21 heavy (non-hydrogen) atoms. The molecule has 0 aliphatic carbocycles. The third-order valence-corrected chi connectivity index (χ3v) is 3.77. The number of benzene rings is 2. The van der Waals surface area contributed by atoms with E-state index in [9.17, 15) is 0 Å². The number of hydrogen-bond acceptors (Lipinski definition) is 2. The van der Waals surface area contributed by atoms with Gasteiger partial charge in [-0.25, -0.2) is 0 Å². The minimum Gasteiger partial charge on any atom is -0.394 e. The lowest BCUT2D eigenvalue weighted by atomic mass is 10.1. The van der Waals surface area contributed by atoms with Crippen LogP contribution in [0.15, 0.2) is 59.7 Å². The Balaban J connectivity index is 2.14. The van der Waals surface area contributed by atoms with Gasteiger partial charge in [-0.1, -0.05) is 65.7 Å². The third-order valence-electron chi connectivity index (χ3n) is 2.94. The van der Waals surface area contributed by atoms with Crippen molar-refractivity contribution in [2.75, 3.05) is 13.6 Å². The lowest BCUT2D eigenvalue weighted by Crippen LogP contribution is -1.99. The van der Waals surface area contributed by atoms with Crippen molar-refractivity contribution >= 4 is 35.0 Å². The van der Waals surface area contributed by atoms with Crippen molar-refractivity contribution in [2.45, 2.75) is 0 Å². The fourth-order valence-corrected chi connectivity index (χ4v) is 2.27. The summed E-state index contributed by atoms with van der Waals surface area (Å²) in [5.74, 6) is 0. The van der Waals surface area contributed by atoms with Gasteiger partial charge in [0.05, 0.1) is 16.6 Å². The molecule has 0 amide bonds. The first-order chi connectivity index (χ1) is 10.2. The van der Waals surface area contributed by atoms with Gasteiger partial charge >= 0.3 is 0 Å². The minimum absolute atomic E-state index is 0.529. The Morgan fingerprint density at radius 3 is 2.57 bits per heavy atom. The molecule has 0 spiro atoms. The Bertz CT molecular complexity index is 649. The van der Waals surface area contributed by atoms with Gasteiger partial charge in [0.15, 0.2) is 0 Å². The molecule has 0 saturated heterocycles. The van der Waals surface area contributed by atoms with Crippen LogP contribution in [0.4, 0.5) is 0 Å². The van der Waals surface area contributed by atoms with Crippen LogP contribution >= 0.6 is 23.2 Å². The van der Waals surface area contributed by atoms with Gasteiger partial charge in [0.1, 0.15) is 0 Å². The predicted octanol–water partition coefficient (Wildman–Crippen LogP) is 4.67. The molecule has 0 aliphatic rings. The molecule has 2 nitrogen and oxygen atoms in total. The van der Waals surface area contributed by atoms with Crippen LogP contribution in [0.3, 0.4) is 0 Å². The van der Waals surface area contributed by atoms with Gasteiger partial charge in [0, 0.05) is 25.0 Å². The molecule has 2 rings (SSSR count). The zero-order valence-electron chi connectivity index (χ0n) is 11.7. The summed E-state index contributed by atoms with van der Waals surface area (Å²) in [6.45, 7) is 0.563. The standard InChI is InChI=1S/C17H16Cl2N2/c1-20-10-15(13-6-3-2-4-7-13)12-21-11-14-8-5-9-16(18)17(14)19/h2-11,20H,12H2,1H3/b15-10+,21-11?. The lowest BCUT2D eigenvalue weighted by molar-refractivity contribution is 1.09. The van der Waals surface area contributed by atoms with E-state index in [4.69, 9.17) is 23.2 Å².